The molecule has 0 bridgehead atoms. The van der Waals surface area contributed by atoms with Crippen molar-refractivity contribution in [2.24, 2.45) is 0 Å². The minimum Gasteiger partial charge on any atom is -0.497 e. The third-order valence-corrected chi connectivity index (χ3v) is 7.30. The normalized spacial score (nSPS) is 12.1. The van der Waals surface area contributed by atoms with Gasteiger partial charge in [-0.1, -0.05) is 54.6 Å². The van der Waals surface area contributed by atoms with Crippen LogP contribution in [0.1, 0.15) is 30.5 Å². The molecule has 0 saturated carbocycles. The van der Waals surface area contributed by atoms with Crippen molar-refractivity contribution in [2.75, 3.05) is 24.2 Å². The van der Waals surface area contributed by atoms with Gasteiger partial charge in [0.1, 0.15) is 18.3 Å². The average molecular weight is 552 g/mol. The van der Waals surface area contributed by atoms with Gasteiger partial charge in [-0.2, -0.15) is 0 Å². The van der Waals surface area contributed by atoms with Crippen LogP contribution in [0, 0.1) is 6.92 Å². The molecule has 3 aromatic rings. The highest BCUT2D eigenvalue weighted by Crippen LogP contribution is 2.22. The first kappa shape index (κ1) is 29.7. The van der Waals surface area contributed by atoms with E-state index in [-0.39, 0.29) is 24.9 Å². The van der Waals surface area contributed by atoms with Crippen molar-refractivity contribution in [3.8, 4) is 5.75 Å². The van der Waals surface area contributed by atoms with E-state index in [2.05, 4.69) is 5.32 Å². The highest BCUT2D eigenvalue weighted by Gasteiger charge is 2.33. The van der Waals surface area contributed by atoms with Gasteiger partial charge >= 0.3 is 0 Å². The first-order chi connectivity index (χ1) is 18.5. The van der Waals surface area contributed by atoms with Gasteiger partial charge in [0.05, 0.1) is 19.1 Å². The third kappa shape index (κ3) is 8.58. The number of ether oxygens (including phenoxy) is 1. The van der Waals surface area contributed by atoms with E-state index in [0.717, 1.165) is 27.3 Å². The van der Waals surface area contributed by atoms with Crippen LogP contribution in [-0.4, -0.2) is 57.1 Å². The zero-order valence-electron chi connectivity index (χ0n) is 23.1. The summed E-state index contributed by atoms with van der Waals surface area (Å²) < 4.78 is 32.1. The molecule has 2 amide bonds. The summed E-state index contributed by atoms with van der Waals surface area (Å²) >= 11 is 0. The van der Waals surface area contributed by atoms with E-state index in [1.165, 1.54) is 4.90 Å². The smallest absolute Gasteiger partial charge is 0.244 e. The van der Waals surface area contributed by atoms with Gasteiger partial charge in [0.15, 0.2) is 0 Å². The van der Waals surface area contributed by atoms with Crippen molar-refractivity contribution in [3.63, 3.8) is 0 Å². The summed E-state index contributed by atoms with van der Waals surface area (Å²) in [5, 5.41) is 2.94. The number of benzene rings is 3. The topological polar surface area (TPSA) is 96.0 Å². The van der Waals surface area contributed by atoms with Crippen LogP contribution in [0.5, 0.6) is 5.75 Å². The Hall–Kier alpha value is -3.85. The van der Waals surface area contributed by atoms with Gasteiger partial charge in [-0.15, -0.1) is 0 Å². The van der Waals surface area contributed by atoms with Crippen LogP contribution >= 0.6 is 0 Å². The number of sulfonamides is 1. The van der Waals surface area contributed by atoms with Crippen molar-refractivity contribution < 1.29 is 22.7 Å². The zero-order chi connectivity index (χ0) is 28.6. The molecule has 208 valence electrons. The molecule has 1 N–H and O–H groups in total. The van der Waals surface area contributed by atoms with E-state index in [0.29, 0.717) is 11.4 Å². The van der Waals surface area contributed by atoms with Crippen molar-refractivity contribution >= 4 is 27.5 Å². The van der Waals surface area contributed by atoms with Crippen LogP contribution in [-0.2, 0) is 32.6 Å². The Labute approximate surface area is 231 Å². The number of rotatable bonds is 12. The number of anilines is 1. The average Bonchev–Trinajstić information content (AvgIpc) is 2.88. The highest BCUT2D eigenvalue weighted by atomic mass is 32.2. The standard InChI is InChI=1S/C30H37N3O5S/c1-22(2)31-30(35)28(19-24-12-7-6-8-13-24)32(20-25-14-10-16-27(18-25)38-4)29(34)21-33(39(5,36)37)26-15-9-11-23(3)17-26/h6-18,22,28H,19-21H2,1-5H3,(H,31,35)/t28-/m1/s1. The third-order valence-electron chi connectivity index (χ3n) is 6.16. The van der Waals surface area contributed by atoms with E-state index < -0.39 is 28.5 Å². The fourth-order valence-electron chi connectivity index (χ4n) is 4.30. The second-order valence-electron chi connectivity index (χ2n) is 9.85. The molecule has 39 heavy (non-hydrogen) atoms. The number of nitrogens with one attached hydrogen (secondary N) is 1. The first-order valence-corrected chi connectivity index (χ1v) is 14.6. The van der Waals surface area contributed by atoms with E-state index >= 15 is 0 Å². The maximum atomic E-state index is 14.0. The lowest BCUT2D eigenvalue weighted by Crippen LogP contribution is -2.54. The van der Waals surface area contributed by atoms with Gasteiger partial charge in [-0.25, -0.2) is 8.42 Å². The number of methoxy groups -OCH3 is 1. The SMILES string of the molecule is COc1cccc(CN(C(=O)CN(c2cccc(C)c2)S(C)(=O)=O)[C@H](Cc2ccccc2)C(=O)NC(C)C)c1. The minimum atomic E-state index is -3.81. The Balaban J connectivity index is 2.07. The lowest BCUT2D eigenvalue weighted by atomic mass is 10.0. The van der Waals surface area contributed by atoms with Gasteiger partial charge in [0.25, 0.3) is 0 Å². The monoisotopic (exact) mass is 551 g/mol. The summed E-state index contributed by atoms with van der Waals surface area (Å²) in [7, 11) is -2.25. The first-order valence-electron chi connectivity index (χ1n) is 12.8. The Bertz CT molecular complexity index is 1380. The zero-order valence-corrected chi connectivity index (χ0v) is 23.9. The number of hydrogen-bond acceptors (Lipinski definition) is 5. The van der Waals surface area contributed by atoms with Crippen LogP contribution in [0.25, 0.3) is 0 Å². The maximum absolute atomic E-state index is 14.0. The molecule has 0 heterocycles. The van der Waals surface area contributed by atoms with E-state index in [9.17, 15) is 18.0 Å². The molecule has 0 fully saturated rings. The van der Waals surface area contributed by atoms with Crippen LogP contribution in [0.15, 0.2) is 78.9 Å². The number of carbonyl (C=O) groups excluding carboxylic acids is 2. The molecule has 0 saturated heterocycles. The number of aryl methyl sites for hydroxylation is 1. The van der Waals surface area contributed by atoms with Crippen LogP contribution in [0.4, 0.5) is 5.69 Å². The lowest BCUT2D eigenvalue weighted by molar-refractivity contribution is -0.140. The van der Waals surface area contributed by atoms with Crippen molar-refractivity contribution in [1.29, 1.82) is 0 Å². The molecule has 0 aliphatic carbocycles. The highest BCUT2D eigenvalue weighted by molar-refractivity contribution is 7.92. The summed E-state index contributed by atoms with van der Waals surface area (Å²) in [4.78, 5) is 29.1. The molecule has 1 atom stereocenters. The fourth-order valence-corrected chi connectivity index (χ4v) is 5.14. The maximum Gasteiger partial charge on any atom is 0.244 e. The number of carbonyl (C=O) groups is 2. The molecular weight excluding hydrogens is 514 g/mol. The van der Waals surface area contributed by atoms with Crippen LogP contribution < -0.4 is 14.4 Å². The van der Waals surface area contributed by atoms with Gasteiger partial charge in [-0.05, 0) is 61.7 Å². The molecule has 0 aliphatic heterocycles. The van der Waals surface area contributed by atoms with Gasteiger partial charge in [0, 0.05) is 19.0 Å². The minimum absolute atomic E-state index is 0.0878. The molecule has 9 heteroatoms. The quantitative estimate of drug-likeness (QED) is 0.368. The Morgan fingerprint density at radius 2 is 1.59 bits per heavy atom. The predicted octanol–water partition coefficient (Wildman–Crippen LogP) is 3.93. The van der Waals surface area contributed by atoms with Gasteiger partial charge < -0.3 is 15.0 Å². The van der Waals surface area contributed by atoms with E-state index in [4.69, 9.17) is 4.74 Å². The van der Waals surface area contributed by atoms with Gasteiger partial charge in [-0.3, -0.25) is 13.9 Å². The van der Waals surface area contributed by atoms with E-state index in [1.807, 2.05) is 69.3 Å². The summed E-state index contributed by atoms with van der Waals surface area (Å²) in [6.07, 6.45) is 1.33. The number of hydrogen-bond donors (Lipinski definition) is 1. The largest absolute Gasteiger partial charge is 0.497 e. The van der Waals surface area contributed by atoms with Crippen molar-refractivity contribution in [3.05, 3.63) is 95.6 Å². The Kier molecular flexibility index (Phi) is 10.1. The number of amides is 2. The fraction of sp³-hybridized carbons (Fsp3) is 0.333. The second-order valence-corrected chi connectivity index (χ2v) is 11.8. The van der Waals surface area contributed by atoms with Gasteiger partial charge in [0.2, 0.25) is 21.8 Å². The lowest BCUT2D eigenvalue weighted by Gasteiger charge is -2.34. The molecule has 3 aromatic carbocycles. The molecule has 8 nitrogen and oxygen atoms in total. The van der Waals surface area contributed by atoms with E-state index in [1.54, 1.807) is 37.4 Å². The van der Waals surface area contributed by atoms with Crippen molar-refractivity contribution in [1.82, 2.24) is 10.2 Å². The second kappa shape index (κ2) is 13.3. The molecule has 0 radical (unpaired) electrons. The summed E-state index contributed by atoms with van der Waals surface area (Å²) in [6.45, 7) is 5.20. The molecule has 0 aliphatic rings. The summed E-state index contributed by atoms with van der Waals surface area (Å²) in [6, 6.07) is 22.6. The molecule has 0 unspecified atom stereocenters. The molecule has 3 rings (SSSR count). The molecule has 0 aromatic heterocycles. The van der Waals surface area contributed by atoms with Crippen molar-refractivity contribution in [2.45, 2.75) is 45.8 Å². The summed E-state index contributed by atoms with van der Waals surface area (Å²) in [5.74, 6) is -0.195. The van der Waals surface area contributed by atoms with Crippen LogP contribution in [0.2, 0.25) is 0 Å². The Morgan fingerprint density at radius 1 is 0.923 bits per heavy atom. The predicted molar refractivity (Wildman–Crippen MR) is 154 cm³/mol. The number of nitrogens with zero attached hydrogens (tertiary/aromatic N) is 2. The Morgan fingerprint density at radius 3 is 2.21 bits per heavy atom. The summed E-state index contributed by atoms with van der Waals surface area (Å²) in [5.41, 5.74) is 2.88. The molecular formula is C30H37N3O5S. The molecule has 0 spiro atoms. The van der Waals surface area contributed by atoms with Crippen LogP contribution in [0.3, 0.4) is 0 Å².